The summed E-state index contributed by atoms with van der Waals surface area (Å²) in [6.07, 6.45) is 2.45. The van der Waals surface area contributed by atoms with Gasteiger partial charge in [-0.3, -0.25) is 4.79 Å². The molecule has 1 amide bonds. The molecule has 2 N–H and O–H groups in total. The molecule has 5 heteroatoms. The van der Waals surface area contributed by atoms with Gasteiger partial charge in [-0.1, -0.05) is 0 Å². The Bertz CT molecular complexity index is 606. The lowest BCUT2D eigenvalue weighted by Crippen LogP contribution is -2.44. The fourth-order valence-corrected chi connectivity index (χ4v) is 2.74. The fourth-order valence-electron chi connectivity index (χ4n) is 2.74. The minimum absolute atomic E-state index is 0.108. The Hall–Kier alpha value is -2.17. The van der Waals surface area contributed by atoms with Crippen molar-refractivity contribution < 1.29 is 14.3 Å². The van der Waals surface area contributed by atoms with Crippen molar-refractivity contribution in [2.24, 2.45) is 0 Å². The van der Waals surface area contributed by atoms with Crippen LogP contribution in [-0.4, -0.2) is 32.2 Å². The third kappa shape index (κ3) is 3.35. The first-order valence-corrected chi connectivity index (χ1v) is 7.43. The molecule has 2 rings (SSSR count). The molecule has 22 heavy (non-hydrogen) atoms. The molecular weight excluding hydrogens is 280 g/mol. The molecule has 1 aromatic carbocycles. The van der Waals surface area contributed by atoms with Gasteiger partial charge in [-0.15, -0.1) is 0 Å². The van der Waals surface area contributed by atoms with Crippen LogP contribution in [0, 0.1) is 0 Å². The summed E-state index contributed by atoms with van der Waals surface area (Å²) in [5, 5.41) is 6.22. The number of hydrogen-bond acceptors (Lipinski definition) is 4. The number of likely N-dealkylation sites (N-methyl/N-ethyl adjacent to an activating group) is 1. The van der Waals surface area contributed by atoms with Gasteiger partial charge in [0.1, 0.15) is 0 Å². The molecule has 0 spiro atoms. The first-order valence-electron chi connectivity index (χ1n) is 7.43. The molecule has 0 aromatic heterocycles. The molecule has 1 aliphatic rings. The molecule has 5 nitrogen and oxygen atoms in total. The molecule has 0 fully saturated rings. The molecule has 0 saturated carbocycles. The minimum Gasteiger partial charge on any atom is -0.493 e. The van der Waals surface area contributed by atoms with Gasteiger partial charge in [-0.25, -0.2) is 0 Å². The summed E-state index contributed by atoms with van der Waals surface area (Å²) in [6.45, 7) is 6.72. The van der Waals surface area contributed by atoms with E-state index in [1.165, 1.54) is 0 Å². The van der Waals surface area contributed by atoms with Crippen molar-refractivity contribution in [3.05, 3.63) is 29.3 Å². The van der Waals surface area contributed by atoms with Crippen molar-refractivity contribution in [1.82, 2.24) is 10.6 Å². The lowest BCUT2D eigenvalue weighted by molar-refractivity contribution is -0.116. The van der Waals surface area contributed by atoms with E-state index in [1.54, 1.807) is 20.3 Å². The zero-order valence-electron chi connectivity index (χ0n) is 13.9. The van der Waals surface area contributed by atoms with Crippen molar-refractivity contribution in [2.75, 3.05) is 20.8 Å². The van der Waals surface area contributed by atoms with E-state index in [-0.39, 0.29) is 11.4 Å². The number of rotatable bonds is 4. The van der Waals surface area contributed by atoms with Crippen LogP contribution in [0.5, 0.6) is 11.5 Å². The van der Waals surface area contributed by atoms with Gasteiger partial charge >= 0.3 is 0 Å². The van der Waals surface area contributed by atoms with Gasteiger partial charge in [0.15, 0.2) is 11.5 Å². The van der Waals surface area contributed by atoms with E-state index in [2.05, 4.69) is 24.5 Å². The summed E-state index contributed by atoms with van der Waals surface area (Å²) < 4.78 is 10.8. The maximum atomic E-state index is 11.9. The van der Waals surface area contributed by atoms with E-state index in [0.717, 1.165) is 23.2 Å². The van der Waals surface area contributed by atoms with Crippen LogP contribution in [0.4, 0.5) is 0 Å². The van der Waals surface area contributed by atoms with Crippen LogP contribution < -0.4 is 20.1 Å². The Kier molecular flexibility index (Phi) is 4.64. The van der Waals surface area contributed by atoms with E-state index in [9.17, 15) is 4.79 Å². The molecule has 1 heterocycles. The minimum atomic E-state index is -0.134. The summed E-state index contributed by atoms with van der Waals surface area (Å²) >= 11 is 0. The molecule has 0 unspecified atom stereocenters. The van der Waals surface area contributed by atoms with Crippen LogP contribution in [-0.2, 0) is 11.2 Å². The zero-order chi connectivity index (χ0) is 16.3. The van der Waals surface area contributed by atoms with Crippen LogP contribution in [0.3, 0.4) is 0 Å². The third-order valence-corrected chi connectivity index (χ3v) is 3.63. The van der Waals surface area contributed by atoms with Crippen molar-refractivity contribution in [3.63, 3.8) is 0 Å². The second kappa shape index (κ2) is 6.30. The van der Waals surface area contributed by atoms with Crippen molar-refractivity contribution in [1.29, 1.82) is 0 Å². The van der Waals surface area contributed by atoms with Gasteiger partial charge in [0.25, 0.3) is 0 Å². The Labute approximate surface area is 131 Å². The number of fused-ring (bicyclic) bond motifs is 1. The summed E-state index contributed by atoms with van der Waals surface area (Å²) in [4.78, 5) is 11.9. The number of carbonyl (C=O) groups excluding carboxylic acids is 1. The fraction of sp³-hybridized carbons (Fsp3) is 0.471. The monoisotopic (exact) mass is 304 g/mol. The largest absolute Gasteiger partial charge is 0.493 e. The number of hydrogen-bond donors (Lipinski definition) is 2. The van der Waals surface area contributed by atoms with Gasteiger partial charge in [-0.05, 0) is 44.9 Å². The highest BCUT2D eigenvalue weighted by Gasteiger charge is 2.29. The highest BCUT2D eigenvalue weighted by molar-refractivity contribution is 5.95. The Morgan fingerprint density at radius 3 is 2.55 bits per heavy atom. The summed E-state index contributed by atoms with van der Waals surface area (Å²) in [5.74, 6) is 1.25. The van der Waals surface area contributed by atoms with Gasteiger partial charge in [0, 0.05) is 29.4 Å². The van der Waals surface area contributed by atoms with Crippen LogP contribution >= 0.6 is 0 Å². The van der Waals surface area contributed by atoms with Gasteiger partial charge < -0.3 is 20.1 Å². The van der Waals surface area contributed by atoms with E-state index < -0.39 is 0 Å². The van der Waals surface area contributed by atoms with Crippen LogP contribution in [0.2, 0.25) is 0 Å². The molecule has 1 aliphatic heterocycles. The molecule has 0 radical (unpaired) electrons. The van der Waals surface area contributed by atoms with Crippen molar-refractivity contribution >= 4 is 11.6 Å². The number of nitrogens with one attached hydrogen (secondary N) is 2. The normalized spacial score (nSPS) is 17.4. The van der Waals surface area contributed by atoms with E-state index in [1.807, 2.05) is 19.1 Å². The highest BCUT2D eigenvalue weighted by atomic mass is 16.5. The topological polar surface area (TPSA) is 59.6 Å². The first kappa shape index (κ1) is 16.2. The maximum absolute atomic E-state index is 11.9. The summed E-state index contributed by atoms with van der Waals surface area (Å²) in [6, 6.07) is 3.91. The Balaban J connectivity index is 2.53. The van der Waals surface area contributed by atoms with Crippen LogP contribution in [0.1, 0.15) is 31.9 Å². The average molecular weight is 304 g/mol. The molecular formula is C17H24N2O3. The number of benzene rings is 1. The maximum Gasteiger partial charge on any atom is 0.246 e. The first-order chi connectivity index (χ1) is 10.4. The number of ether oxygens (including phenoxy) is 2. The smallest absolute Gasteiger partial charge is 0.246 e. The van der Waals surface area contributed by atoms with Gasteiger partial charge in [0.2, 0.25) is 5.91 Å². The molecule has 120 valence electrons. The Morgan fingerprint density at radius 2 is 1.95 bits per heavy atom. The van der Waals surface area contributed by atoms with Crippen molar-refractivity contribution in [3.8, 4) is 11.5 Å². The van der Waals surface area contributed by atoms with E-state index in [0.29, 0.717) is 18.0 Å². The summed E-state index contributed by atoms with van der Waals surface area (Å²) in [5.41, 5.74) is 2.78. The number of amides is 1. The molecule has 0 aliphatic carbocycles. The highest BCUT2D eigenvalue weighted by Crippen LogP contribution is 2.37. The van der Waals surface area contributed by atoms with Crippen molar-refractivity contribution in [2.45, 2.75) is 32.7 Å². The Morgan fingerprint density at radius 1 is 1.32 bits per heavy atom. The zero-order valence-corrected chi connectivity index (χ0v) is 13.9. The summed E-state index contributed by atoms with van der Waals surface area (Å²) in [7, 11) is 3.24. The average Bonchev–Trinajstić information content (AvgIpc) is 2.45. The predicted molar refractivity (Wildman–Crippen MR) is 87.1 cm³/mol. The predicted octanol–water partition coefficient (Wildman–Crippen LogP) is 2.11. The molecule has 0 atom stereocenters. The second-order valence-corrected chi connectivity index (χ2v) is 6.00. The van der Waals surface area contributed by atoms with Gasteiger partial charge in [0.05, 0.1) is 14.2 Å². The number of methoxy groups -OCH3 is 2. The second-order valence-electron chi connectivity index (χ2n) is 6.00. The standard InChI is InChI=1S/C17H24N2O3/c1-6-18-16(20)9-13-12-8-15(22-5)14(21-4)7-11(12)10-17(2,3)19-13/h7-9,19H,6,10H2,1-5H3,(H,18,20). The third-order valence-electron chi connectivity index (χ3n) is 3.63. The van der Waals surface area contributed by atoms with Crippen LogP contribution in [0.25, 0.3) is 5.70 Å². The quantitative estimate of drug-likeness (QED) is 0.837. The lowest BCUT2D eigenvalue weighted by Gasteiger charge is -2.36. The molecule has 1 aromatic rings. The SMILES string of the molecule is CCNC(=O)C=C1NC(C)(C)Cc2cc(OC)c(OC)cc21. The van der Waals surface area contributed by atoms with Crippen LogP contribution in [0.15, 0.2) is 18.2 Å². The lowest BCUT2D eigenvalue weighted by atomic mass is 9.85. The number of carbonyl (C=O) groups is 1. The van der Waals surface area contributed by atoms with Gasteiger partial charge in [-0.2, -0.15) is 0 Å². The molecule has 0 bridgehead atoms. The molecule has 0 saturated heterocycles. The van der Waals surface area contributed by atoms with E-state index in [4.69, 9.17) is 9.47 Å². The van der Waals surface area contributed by atoms with E-state index >= 15 is 0 Å².